The molecule has 2 nitrogen and oxygen atoms in total. The molecule has 0 spiro atoms. The summed E-state index contributed by atoms with van der Waals surface area (Å²) in [6.45, 7) is 23.4. The Morgan fingerprint density at radius 2 is 0.686 bits per heavy atom. The summed E-state index contributed by atoms with van der Waals surface area (Å²) in [7, 11) is 0. The molecule has 3 heteroatoms. The van der Waals surface area contributed by atoms with Crippen molar-refractivity contribution in [3.63, 3.8) is 0 Å². The summed E-state index contributed by atoms with van der Waals surface area (Å²) in [6, 6.07) is 14.4. The van der Waals surface area contributed by atoms with Crippen molar-refractivity contribution in [3.05, 3.63) is 113 Å². The van der Waals surface area contributed by atoms with E-state index in [2.05, 4.69) is 117 Å². The number of unbranched alkanes of at least 4 members (excludes halogenated alkanes) is 29. The molecule has 0 saturated heterocycles. The molecular formula is C67H114N2Ni. The predicted molar refractivity (Wildman–Crippen MR) is 312 cm³/mol. The van der Waals surface area contributed by atoms with Crippen molar-refractivity contribution in [1.29, 1.82) is 0 Å². The third-order valence-electron chi connectivity index (χ3n) is 13.9. The van der Waals surface area contributed by atoms with Crippen molar-refractivity contribution in [1.82, 2.24) is 0 Å². The van der Waals surface area contributed by atoms with E-state index in [0.29, 0.717) is 0 Å². The maximum absolute atomic E-state index is 12.3. The topological polar surface area (TPSA) is 25.3 Å². The van der Waals surface area contributed by atoms with Crippen LogP contribution in [0.5, 0.6) is 0 Å². The number of rotatable bonds is 41. The van der Waals surface area contributed by atoms with E-state index >= 15 is 0 Å². The maximum atomic E-state index is 12.3. The van der Waals surface area contributed by atoms with Gasteiger partial charge in [0.05, 0.1) is 5.57 Å². The van der Waals surface area contributed by atoms with Crippen LogP contribution >= 0.6 is 0 Å². The smallest absolute Gasteiger partial charge is 0.493 e. The first kappa shape index (κ1) is 67.8. The average molecular weight is 1010 g/mol. The second-order valence-corrected chi connectivity index (χ2v) is 20.8. The van der Waals surface area contributed by atoms with Gasteiger partial charge in [-0.25, -0.2) is 4.70 Å². The number of hydrogen-bond donors (Lipinski definition) is 0. The summed E-state index contributed by atoms with van der Waals surface area (Å²) in [5.74, 6) is 0. The monoisotopic (exact) mass is 1000 g/mol. The predicted octanol–water partition coefficient (Wildman–Crippen LogP) is 23.0. The van der Waals surface area contributed by atoms with Gasteiger partial charge in [-0.2, -0.15) is 12.8 Å². The van der Waals surface area contributed by atoms with Gasteiger partial charge in [0.15, 0.2) is 0 Å². The van der Waals surface area contributed by atoms with Gasteiger partial charge in [0.25, 0.3) is 0 Å². The fourth-order valence-corrected chi connectivity index (χ4v) is 9.54. The van der Waals surface area contributed by atoms with Crippen molar-refractivity contribution in [2.45, 2.75) is 305 Å². The molecule has 0 saturated carbocycles. The van der Waals surface area contributed by atoms with Crippen LogP contribution in [-0.4, -0.2) is 4.70 Å². The first-order chi connectivity index (χ1) is 33.9. The molecule has 3 rings (SSSR count). The van der Waals surface area contributed by atoms with Gasteiger partial charge in [-0.1, -0.05) is 253 Å². The fourth-order valence-electron chi connectivity index (χ4n) is 9.54. The van der Waals surface area contributed by atoms with Crippen molar-refractivity contribution in [2.75, 3.05) is 0 Å². The summed E-state index contributed by atoms with van der Waals surface area (Å²) in [4.78, 5) is 0. The van der Waals surface area contributed by atoms with Gasteiger partial charge in [-0.05, 0) is 111 Å². The number of hydrogen-bond acceptors (Lipinski definition) is 0. The van der Waals surface area contributed by atoms with E-state index in [4.69, 9.17) is 0 Å². The van der Waals surface area contributed by atoms with Crippen LogP contribution in [0, 0.1) is 13.8 Å². The third kappa shape index (κ3) is 33.5. The molecule has 1 aliphatic rings. The first-order valence-electron chi connectivity index (χ1n) is 30.3. The molecule has 1 aliphatic heterocycles. The zero-order valence-electron chi connectivity index (χ0n) is 47.6. The van der Waals surface area contributed by atoms with E-state index in [1.165, 1.54) is 240 Å². The Balaban J connectivity index is 0.00000275. The minimum Gasteiger partial charge on any atom is -0.493 e. The number of aryl methyl sites for hydroxylation is 4. The second kappa shape index (κ2) is 49.0. The number of allylic oxidation sites excluding steroid dienone is 4. The van der Waals surface area contributed by atoms with Crippen molar-refractivity contribution in [2.24, 2.45) is 0 Å². The maximum Gasteiger partial charge on any atom is 2.00 e. The van der Waals surface area contributed by atoms with Crippen LogP contribution in [0.2, 0.25) is 0 Å². The molecule has 0 amide bonds. The summed E-state index contributed by atoms with van der Waals surface area (Å²) in [5, 5.41) is 0. The fraction of sp³-hybridized carbons (Fsp3) is 0.701. The Labute approximate surface area is 448 Å². The van der Waals surface area contributed by atoms with Crippen molar-refractivity contribution in [3.8, 4) is 0 Å². The zero-order valence-corrected chi connectivity index (χ0v) is 48.6. The van der Waals surface area contributed by atoms with Crippen LogP contribution in [0.15, 0.2) is 60.2 Å². The molecule has 0 aromatic heterocycles. The Morgan fingerprint density at radius 3 is 1.06 bits per heavy atom. The Kier molecular flexibility index (Phi) is 47.4. The van der Waals surface area contributed by atoms with Crippen molar-refractivity contribution < 1.29 is 21.2 Å². The van der Waals surface area contributed by atoms with Crippen LogP contribution in [0.4, 0.5) is 0 Å². The molecule has 0 unspecified atom stereocenters. The first-order valence-corrected chi connectivity index (χ1v) is 30.3. The van der Waals surface area contributed by atoms with Crippen molar-refractivity contribution >= 4 is 11.4 Å². The zero-order chi connectivity index (χ0) is 50.4. The number of nitrogens with zero attached hydrogens (tertiary/aromatic N) is 2. The summed E-state index contributed by atoms with van der Waals surface area (Å²) in [6.07, 6.45) is 58.3. The van der Waals surface area contributed by atoms with Crippen LogP contribution in [0.3, 0.4) is 0 Å². The SMILES string of the molecule is CCCCCCCCCCCCCC=CC1=C(c2cc(CCCCCC)cc(CCCCCC)c2)[N+](=[N-])C(c2cc(CCCCC)cc(CCCCC)c2)=C1.[CH2-]CCCCCC.[CH2-]CCCCCC.[Ni+2]. The van der Waals surface area contributed by atoms with Crippen LogP contribution in [0.25, 0.3) is 16.9 Å². The molecule has 0 bridgehead atoms. The molecule has 2 aromatic rings. The standard InChI is InChI=1S/C53H84N2.2C7H15.Ni/c1-6-11-16-19-20-21-22-23-24-25-26-27-32-37-49-44-52(50-40-45(33-28-14-9-4)38-46(41-50)34-29-15-10-5)55(54)53(49)51-42-47(35-30-17-12-7-2)39-48(43-51)36-31-18-13-8-3;2*1-3-5-7-6-4-2;/h32,37-44H,6-31,33-36H2,1-5H3;2*1,3-7H2,2H3;/q;2*-1;+2. The summed E-state index contributed by atoms with van der Waals surface area (Å²) >= 11 is 0. The molecule has 0 fully saturated rings. The minimum absolute atomic E-state index is 0. The van der Waals surface area contributed by atoms with E-state index in [9.17, 15) is 5.53 Å². The minimum atomic E-state index is 0. The molecule has 402 valence electrons. The van der Waals surface area contributed by atoms with Gasteiger partial charge in [0, 0.05) is 17.2 Å². The van der Waals surface area contributed by atoms with E-state index in [1.54, 1.807) is 4.70 Å². The second-order valence-electron chi connectivity index (χ2n) is 20.8. The average Bonchev–Trinajstić information content (AvgIpc) is 3.69. The summed E-state index contributed by atoms with van der Waals surface area (Å²) in [5.41, 5.74) is 23.3. The van der Waals surface area contributed by atoms with Gasteiger partial charge in [-0.3, -0.25) is 0 Å². The quantitative estimate of drug-likeness (QED) is 0.0275. The van der Waals surface area contributed by atoms with E-state index in [-0.39, 0.29) is 16.5 Å². The molecule has 0 N–H and O–H groups in total. The van der Waals surface area contributed by atoms with E-state index < -0.39 is 0 Å². The normalized spacial score (nSPS) is 12.2. The molecule has 0 aliphatic carbocycles. The molecule has 70 heavy (non-hydrogen) atoms. The van der Waals surface area contributed by atoms with Crippen LogP contribution in [0.1, 0.15) is 313 Å². The third-order valence-corrected chi connectivity index (χ3v) is 13.9. The molecule has 0 atom stereocenters. The van der Waals surface area contributed by atoms with E-state index in [0.717, 1.165) is 67.5 Å². The largest absolute Gasteiger partial charge is 2.00 e. The molecule has 2 aromatic carbocycles. The Morgan fingerprint density at radius 1 is 0.386 bits per heavy atom. The molecule has 0 radical (unpaired) electrons. The van der Waals surface area contributed by atoms with Gasteiger partial charge in [0.1, 0.15) is 0 Å². The van der Waals surface area contributed by atoms with E-state index in [1.807, 2.05) is 0 Å². The van der Waals surface area contributed by atoms with Gasteiger partial charge < -0.3 is 19.4 Å². The Bertz CT molecular complexity index is 1540. The number of benzene rings is 2. The molecular weight excluding hydrogens is 891 g/mol. The van der Waals surface area contributed by atoms with Crippen LogP contribution in [-0.2, 0) is 42.2 Å². The van der Waals surface area contributed by atoms with Gasteiger partial charge in [-0.15, -0.1) is 0 Å². The van der Waals surface area contributed by atoms with Crippen LogP contribution < -0.4 is 0 Å². The van der Waals surface area contributed by atoms with Gasteiger partial charge in [0.2, 0.25) is 11.4 Å². The van der Waals surface area contributed by atoms with Gasteiger partial charge >= 0.3 is 16.5 Å². The summed E-state index contributed by atoms with van der Waals surface area (Å²) < 4.78 is 1.56. The Hall–Kier alpha value is -2.25. The molecule has 1 heterocycles.